The maximum atomic E-state index is 6.48. The van der Waals surface area contributed by atoms with Gasteiger partial charge < -0.3 is 11.1 Å². The molecule has 0 atom stereocenters. The van der Waals surface area contributed by atoms with Crippen molar-refractivity contribution in [2.24, 2.45) is 11.1 Å². The van der Waals surface area contributed by atoms with Crippen molar-refractivity contribution < 1.29 is 0 Å². The van der Waals surface area contributed by atoms with Crippen LogP contribution in [0.15, 0.2) is 0 Å². The molecule has 0 saturated heterocycles. The molecule has 0 aromatic heterocycles. The summed E-state index contributed by atoms with van der Waals surface area (Å²) in [4.78, 5) is 0. The van der Waals surface area contributed by atoms with E-state index in [-0.39, 0.29) is 11.1 Å². The zero-order chi connectivity index (χ0) is 13.9. The van der Waals surface area contributed by atoms with Crippen LogP contribution in [0, 0.1) is 5.41 Å². The van der Waals surface area contributed by atoms with Gasteiger partial charge in [-0.05, 0) is 51.5 Å². The normalized spacial score (nSPS) is 21.0. The molecule has 0 radical (unpaired) electrons. The minimum absolute atomic E-state index is 0.114. The summed E-state index contributed by atoms with van der Waals surface area (Å²) in [6.45, 7) is 12.6. The van der Waals surface area contributed by atoms with E-state index in [1.54, 1.807) is 0 Å². The van der Waals surface area contributed by atoms with Crippen molar-refractivity contribution in [3.05, 3.63) is 0 Å². The highest BCUT2D eigenvalue weighted by Crippen LogP contribution is 2.29. The van der Waals surface area contributed by atoms with Gasteiger partial charge in [0.05, 0.1) is 0 Å². The Hall–Kier alpha value is -0.0800. The molecule has 0 aromatic carbocycles. The Labute approximate surface area is 114 Å². The molecule has 108 valence electrons. The number of nitrogens with one attached hydrogen (secondary N) is 1. The van der Waals surface area contributed by atoms with Crippen molar-refractivity contribution in [1.29, 1.82) is 0 Å². The van der Waals surface area contributed by atoms with E-state index in [4.69, 9.17) is 5.73 Å². The minimum Gasteiger partial charge on any atom is -0.325 e. The molecule has 0 spiro atoms. The van der Waals surface area contributed by atoms with E-state index in [0.29, 0.717) is 5.41 Å². The van der Waals surface area contributed by atoms with Gasteiger partial charge in [0.25, 0.3) is 0 Å². The van der Waals surface area contributed by atoms with Crippen LogP contribution in [0.3, 0.4) is 0 Å². The molecule has 2 heteroatoms. The van der Waals surface area contributed by atoms with Crippen LogP contribution in [0.25, 0.3) is 0 Å². The minimum atomic E-state index is 0.114. The Balaban J connectivity index is 2.31. The lowest BCUT2D eigenvalue weighted by Crippen LogP contribution is -2.48. The quantitative estimate of drug-likeness (QED) is 0.782. The first kappa shape index (κ1) is 16.0. The first-order valence-corrected chi connectivity index (χ1v) is 7.66. The van der Waals surface area contributed by atoms with Crippen LogP contribution in [0.5, 0.6) is 0 Å². The van der Waals surface area contributed by atoms with Gasteiger partial charge in [-0.2, -0.15) is 0 Å². The summed E-state index contributed by atoms with van der Waals surface area (Å²) >= 11 is 0. The Kier molecular flexibility index (Phi) is 5.25. The Morgan fingerprint density at radius 1 is 1.00 bits per heavy atom. The summed E-state index contributed by atoms with van der Waals surface area (Å²) in [5.41, 5.74) is 7.18. The van der Waals surface area contributed by atoms with Gasteiger partial charge in [0, 0.05) is 11.1 Å². The second kappa shape index (κ2) is 5.92. The first-order chi connectivity index (χ1) is 8.12. The zero-order valence-corrected chi connectivity index (χ0v) is 13.2. The highest BCUT2D eigenvalue weighted by atomic mass is 15.0. The summed E-state index contributed by atoms with van der Waals surface area (Å²) in [6, 6.07) is 0. The molecule has 0 amide bonds. The molecule has 1 aliphatic rings. The SMILES string of the molecule is CC(C)(C)CC(C)(C)NCCC1(N)CCCCC1. The molecule has 1 aliphatic carbocycles. The molecule has 0 bridgehead atoms. The Morgan fingerprint density at radius 3 is 2.06 bits per heavy atom. The predicted molar refractivity (Wildman–Crippen MR) is 80.8 cm³/mol. The van der Waals surface area contributed by atoms with Crippen LogP contribution in [0.1, 0.15) is 79.6 Å². The molecule has 1 rings (SSSR count). The van der Waals surface area contributed by atoms with Crippen LogP contribution in [0.4, 0.5) is 0 Å². The van der Waals surface area contributed by atoms with Gasteiger partial charge in [-0.15, -0.1) is 0 Å². The van der Waals surface area contributed by atoms with Gasteiger partial charge in [-0.3, -0.25) is 0 Å². The fraction of sp³-hybridized carbons (Fsp3) is 1.00. The smallest absolute Gasteiger partial charge is 0.0166 e. The van der Waals surface area contributed by atoms with Gasteiger partial charge in [-0.25, -0.2) is 0 Å². The van der Waals surface area contributed by atoms with Crippen molar-refractivity contribution in [2.45, 2.75) is 90.6 Å². The average Bonchev–Trinajstić information content (AvgIpc) is 2.13. The largest absolute Gasteiger partial charge is 0.325 e. The molecule has 0 aliphatic heterocycles. The predicted octanol–water partition coefficient (Wildman–Crippen LogP) is 3.84. The Morgan fingerprint density at radius 2 is 1.56 bits per heavy atom. The van der Waals surface area contributed by atoms with Gasteiger partial charge in [0.1, 0.15) is 0 Å². The number of hydrogen-bond donors (Lipinski definition) is 2. The maximum Gasteiger partial charge on any atom is 0.0166 e. The summed E-state index contributed by atoms with van der Waals surface area (Å²) in [6.07, 6.45) is 8.77. The lowest BCUT2D eigenvalue weighted by molar-refractivity contribution is 0.222. The van der Waals surface area contributed by atoms with Gasteiger partial charge in [0.2, 0.25) is 0 Å². The third-order valence-electron chi connectivity index (χ3n) is 4.05. The molecule has 2 nitrogen and oxygen atoms in total. The standard InChI is InChI=1S/C16H34N2/c1-14(2,3)13-15(4,5)18-12-11-16(17)9-7-6-8-10-16/h18H,6-13,17H2,1-5H3. The second-order valence-electron chi connectivity index (χ2n) is 8.22. The topological polar surface area (TPSA) is 38.0 Å². The van der Waals surface area contributed by atoms with Crippen LogP contribution in [-0.2, 0) is 0 Å². The van der Waals surface area contributed by atoms with E-state index in [2.05, 4.69) is 39.9 Å². The third-order valence-corrected chi connectivity index (χ3v) is 4.05. The van der Waals surface area contributed by atoms with Gasteiger partial charge >= 0.3 is 0 Å². The second-order valence-corrected chi connectivity index (χ2v) is 8.22. The Bertz CT molecular complexity index is 244. The van der Waals surface area contributed by atoms with Crippen LogP contribution in [0.2, 0.25) is 0 Å². The van der Waals surface area contributed by atoms with Crippen molar-refractivity contribution >= 4 is 0 Å². The first-order valence-electron chi connectivity index (χ1n) is 7.66. The van der Waals surface area contributed by atoms with E-state index in [1.165, 1.54) is 38.5 Å². The van der Waals surface area contributed by atoms with Crippen LogP contribution in [-0.4, -0.2) is 17.6 Å². The zero-order valence-electron chi connectivity index (χ0n) is 13.2. The van der Waals surface area contributed by atoms with Crippen LogP contribution < -0.4 is 11.1 Å². The third kappa shape index (κ3) is 6.19. The number of rotatable bonds is 5. The maximum absolute atomic E-state index is 6.48. The van der Waals surface area contributed by atoms with E-state index >= 15 is 0 Å². The molecular weight excluding hydrogens is 220 g/mol. The molecule has 18 heavy (non-hydrogen) atoms. The molecule has 0 unspecified atom stereocenters. The van der Waals surface area contributed by atoms with Crippen molar-refractivity contribution in [2.75, 3.05) is 6.54 Å². The fourth-order valence-electron chi connectivity index (χ4n) is 3.54. The molecular formula is C16H34N2. The summed E-state index contributed by atoms with van der Waals surface area (Å²) in [7, 11) is 0. The van der Waals surface area contributed by atoms with Gasteiger partial charge in [0.15, 0.2) is 0 Å². The highest BCUT2D eigenvalue weighted by Gasteiger charge is 2.29. The van der Waals surface area contributed by atoms with Gasteiger partial charge in [-0.1, -0.05) is 40.0 Å². The molecule has 1 fully saturated rings. The monoisotopic (exact) mass is 254 g/mol. The lowest BCUT2D eigenvalue weighted by atomic mass is 9.79. The van der Waals surface area contributed by atoms with E-state index in [0.717, 1.165) is 13.0 Å². The van der Waals surface area contributed by atoms with Crippen molar-refractivity contribution in [3.63, 3.8) is 0 Å². The van der Waals surface area contributed by atoms with E-state index in [9.17, 15) is 0 Å². The number of nitrogens with two attached hydrogens (primary N) is 1. The van der Waals surface area contributed by atoms with E-state index < -0.39 is 0 Å². The summed E-state index contributed by atoms with van der Waals surface area (Å²) in [5.74, 6) is 0. The van der Waals surface area contributed by atoms with Crippen molar-refractivity contribution in [1.82, 2.24) is 5.32 Å². The summed E-state index contributed by atoms with van der Waals surface area (Å²) in [5, 5.41) is 3.71. The molecule has 1 saturated carbocycles. The highest BCUT2D eigenvalue weighted by molar-refractivity contribution is 4.90. The summed E-state index contributed by atoms with van der Waals surface area (Å²) < 4.78 is 0. The van der Waals surface area contributed by atoms with E-state index in [1.807, 2.05) is 0 Å². The van der Waals surface area contributed by atoms with Crippen LogP contribution >= 0.6 is 0 Å². The molecule has 3 N–H and O–H groups in total. The lowest BCUT2D eigenvalue weighted by Gasteiger charge is -2.37. The van der Waals surface area contributed by atoms with Crippen molar-refractivity contribution in [3.8, 4) is 0 Å². The number of hydrogen-bond acceptors (Lipinski definition) is 2. The fourth-order valence-corrected chi connectivity index (χ4v) is 3.54. The molecule has 0 heterocycles. The molecule has 0 aromatic rings. The average molecular weight is 254 g/mol.